The van der Waals surface area contributed by atoms with Crippen LogP contribution in [0.25, 0.3) is 0 Å². The van der Waals surface area contributed by atoms with E-state index in [9.17, 15) is 14.4 Å². The van der Waals surface area contributed by atoms with E-state index < -0.39 is 0 Å². The van der Waals surface area contributed by atoms with E-state index in [-0.39, 0.29) is 24.3 Å². The molecule has 2 aromatic carbocycles. The van der Waals surface area contributed by atoms with Crippen molar-refractivity contribution in [2.24, 2.45) is 0 Å². The van der Waals surface area contributed by atoms with E-state index in [1.54, 1.807) is 36.4 Å². The van der Waals surface area contributed by atoms with Crippen LogP contribution in [0, 0.1) is 0 Å². The molecule has 2 saturated heterocycles. The third kappa shape index (κ3) is 6.12. The lowest BCUT2D eigenvalue weighted by atomic mass is 10.1. The summed E-state index contributed by atoms with van der Waals surface area (Å²) in [5, 5.41) is 5.94. The zero-order chi connectivity index (χ0) is 23.0. The first-order chi connectivity index (χ1) is 16.1. The van der Waals surface area contributed by atoms with E-state index in [0.29, 0.717) is 16.8 Å². The minimum absolute atomic E-state index is 0.0229. The number of amides is 3. The molecule has 0 aromatic heterocycles. The van der Waals surface area contributed by atoms with Gasteiger partial charge in [-0.3, -0.25) is 14.4 Å². The lowest BCUT2D eigenvalue weighted by molar-refractivity contribution is -0.114. The summed E-state index contributed by atoms with van der Waals surface area (Å²) in [6.07, 6.45) is 6.56. The number of hydrogen-bond acceptors (Lipinski definition) is 4. The van der Waals surface area contributed by atoms with Crippen LogP contribution in [-0.2, 0) is 4.79 Å². The van der Waals surface area contributed by atoms with Gasteiger partial charge in [0.05, 0.1) is 6.54 Å². The number of rotatable bonds is 6. The Kier molecular flexibility index (Phi) is 7.60. The second-order valence-corrected chi connectivity index (χ2v) is 8.77. The second-order valence-electron chi connectivity index (χ2n) is 8.77. The number of carbonyl (C=O) groups excluding carboxylic acids is 3. The average Bonchev–Trinajstić information content (AvgIpc) is 3.25. The summed E-state index contributed by atoms with van der Waals surface area (Å²) < 4.78 is 0. The van der Waals surface area contributed by atoms with Gasteiger partial charge in [-0.05, 0) is 68.1 Å². The standard InChI is InChI=1S/C26H32N4O3/c31-24(19-27-22-12-10-20(11-13-22)25(32)29-16-5-6-17-29)28-23-9-7-8-21(18-23)26(33)30-14-3-1-2-4-15-30/h7-13,18,27H,1-6,14-17,19H2,(H,28,31). The highest BCUT2D eigenvalue weighted by Crippen LogP contribution is 2.18. The Morgan fingerprint density at radius 2 is 1.24 bits per heavy atom. The maximum atomic E-state index is 12.8. The SMILES string of the molecule is O=C(CNc1ccc(C(=O)N2CCCC2)cc1)Nc1cccc(C(=O)N2CCCCCC2)c1. The van der Waals surface area contributed by atoms with E-state index in [0.717, 1.165) is 57.5 Å². The van der Waals surface area contributed by atoms with Crippen LogP contribution >= 0.6 is 0 Å². The molecule has 0 unspecified atom stereocenters. The second kappa shape index (κ2) is 11.0. The predicted octanol–water partition coefficient (Wildman–Crippen LogP) is 3.99. The van der Waals surface area contributed by atoms with Gasteiger partial charge in [0.15, 0.2) is 0 Å². The van der Waals surface area contributed by atoms with Gasteiger partial charge < -0.3 is 20.4 Å². The lowest BCUT2D eigenvalue weighted by Gasteiger charge is -2.20. The van der Waals surface area contributed by atoms with Gasteiger partial charge in [-0.2, -0.15) is 0 Å². The maximum absolute atomic E-state index is 12.8. The van der Waals surface area contributed by atoms with Gasteiger partial charge in [-0.15, -0.1) is 0 Å². The Labute approximate surface area is 195 Å². The monoisotopic (exact) mass is 448 g/mol. The number of nitrogens with one attached hydrogen (secondary N) is 2. The van der Waals surface area contributed by atoms with Crippen molar-refractivity contribution in [1.82, 2.24) is 9.80 Å². The summed E-state index contributed by atoms with van der Waals surface area (Å²) in [5.74, 6) is -0.118. The van der Waals surface area contributed by atoms with Gasteiger partial charge >= 0.3 is 0 Å². The summed E-state index contributed by atoms with van der Waals surface area (Å²) >= 11 is 0. The van der Waals surface area contributed by atoms with Crippen molar-refractivity contribution in [2.45, 2.75) is 38.5 Å². The lowest BCUT2D eigenvalue weighted by Crippen LogP contribution is -2.31. The summed E-state index contributed by atoms with van der Waals surface area (Å²) in [6, 6.07) is 14.3. The molecule has 4 rings (SSSR count). The Balaban J connectivity index is 1.28. The van der Waals surface area contributed by atoms with Crippen molar-refractivity contribution in [3.05, 3.63) is 59.7 Å². The number of carbonyl (C=O) groups is 3. The van der Waals surface area contributed by atoms with Gasteiger partial charge in [0, 0.05) is 48.7 Å². The molecular weight excluding hydrogens is 416 g/mol. The summed E-state index contributed by atoms with van der Waals surface area (Å²) in [6.45, 7) is 3.32. The molecule has 2 heterocycles. The van der Waals surface area contributed by atoms with Gasteiger partial charge in [-0.1, -0.05) is 18.9 Å². The zero-order valence-corrected chi connectivity index (χ0v) is 19.0. The van der Waals surface area contributed by atoms with E-state index in [1.165, 1.54) is 12.8 Å². The minimum atomic E-state index is -0.202. The van der Waals surface area contributed by atoms with Crippen LogP contribution in [0.15, 0.2) is 48.5 Å². The molecule has 0 aliphatic carbocycles. The van der Waals surface area contributed by atoms with Crippen LogP contribution in [0.4, 0.5) is 11.4 Å². The molecule has 2 aromatic rings. The Morgan fingerprint density at radius 3 is 1.88 bits per heavy atom. The Hall–Kier alpha value is -3.35. The van der Waals surface area contributed by atoms with Crippen molar-refractivity contribution in [3.8, 4) is 0 Å². The highest BCUT2D eigenvalue weighted by Gasteiger charge is 2.19. The molecule has 2 N–H and O–H groups in total. The first-order valence-corrected chi connectivity index (χ1v) is 11.9. The molecule has 33 heavy (non-hydrogen) atoms. The predicted molar refractivity (Wildman–Crippen MR) is 130 cm³/mol. The highest BCUT2D eigenvalue weighted by molar-refractivity contribution is 5.98. The number of benzene rings is 2. The zero-order valence-electron chi connectivity index (χ0n) is 19.0. The minimum Gasteiger partial charge on any atom is -0.376 e. The van der Waals surface area contributed by atoms with Crippen LogP contribution in [0.5, 0.6) is 0 Å². The fraction of sp³-hybridized carbons (Fsp3) is 0.423. The van der Waals surface area contributed by atoms with Gasteiger partial charge in [0.2, 0.25) is 5.91 Å². The van der Waals surface area contributed by atoms with Gasteiger partial charge in [0.25, 0.3) is 11.8 Å². The van der Waals surface area contributed by atoms with Gasteiger partial charge in [0.1, 0.15) is 0 Å². The van der Waals surface area contributed by atoms with Crippen LogP contribution in [-0.4, -0.2) is 60.2 Å². The molecule has 7 nitrogen and oxygen atoms in total. The molecule has 0 radical (unpaired) electrons. The molecule has 0 spiro atoms. The molecule has 2 aliphatic heterocycles. The van der Waals surface area contributed by atoms with Crippen LogP contribution in [0.1, 0.15) is 59.2 Å². The summed E-state index contributed by atoms with van der Waals surface area (Å²) in [5.41, 5.74) is 2.64. The molecule has 174 valence electrons. The molecule has 0 saturated carbocycles. The van der Waals surface area contributed by atoms with Crippen molar-refractivity contribution < 1.29 is 14.4 Å². The quantitative estimate of drug-likeness (QED) is 0.700. The molecular formula is C26H32N4O3. The van der Waals surface area contributed by atoms with Crippen molar-refractivity contribution in [3.63, 3.8) is 0 Å². The summed E-state index contributed by atoms with van der Waals surface area (Å²) in [7, 11) is 0. The van der Waals surface area contributed by atoms with Crippen LogP contribution < -0.4 is 10.6 Å². The number of hydrogen-bond donors (Lipinski definition) is 2. The van der Waals surface area contributed by atoms with E-state index in [1.807, 2.05) is 21.9 Å². The largest absolute Gasteiger partial charge is 0.376 e. The average molecular weight is 449 g/mol. The molecule has 3 amide bonds. The first kappa shape index (κ1) is 22.8. The normalized spacial score (nSPS) is 16.2. The Bertz CT molecular complexity index is 975. The van der Waals surface area contributed by atoms with E-state index in [2.05, 4.69) is 10.6 Å². The van der Waals surface area contributed by atoms with E-state index in [4.69, 9.17) is 0 Å². The van der Waals surface area contributed by atoms with Crippen molar-refractivity contribution in [1.29, 1.82) is 0 Å². The van der Waals surface area contributed by atoms with Crippen LogP contribution in [0.2, 0.25) is 0 Å². The first-order valence-electron chi connectivity index (χ1n) is 11.9. The molecule has 2 aliphatic rings. The topological polar surface area (TPSA) is 81.8 Å². The summed E-state index contributed by atoms with van der Waals surface area (Å²) in [4.78, 5) is 41.5. The third-order valence-corrected chi connectivity index (χ3v) is 6.26. The molecule has 2 fully saturated rings. The highest BCUT2D eigenvalue weighted by atomic mass is 16.2. The van der Waals surface area contributed by atoms with Crippen LogP contribution in [0.3, 0.4) is 0 Å². The van der Waals surface area contributed by atoms with Crippen molar-refractivity contribution >= 4 is 29.1 Å². The molecule has 7 heteroatoms. The Morgan fingerprint density at radius 1 is 0.667 bits per heavy atom. The fourth-order valence-corrected chi connectivity index (χ4v) is 4.41. The van der Waals surface area contributed by atoms with Gasteiger partial charge in [-0.25, -0.2) is 0 Å². The fourth-order valence-electron chi connectivity index (χ4n) is 4.41. The molecule has 0 atom stereocenters. The number of nitrogens with zero attached hydrogens (tertiary/aromatic N) is 2. The molecule has 0 bridgehead atoms. The maximum Gasteiger partial charge on any atom is 0.253 e. The third-order valence-electron chi connectivity index (χ3n) is 6.26. The van der Waals surface area contributed by atoms with Crippen molar-refractivity contribution in [2.75, 3.05) is 43.4 Å². The smallest absolute Gasteiger partial charge is 0.253 e. The number of likely N-dealkylation sites (tertiary alicyclic amines) is 2. The van der Waals surface area contributed by atoms with E-state index >= 15 is 0 Å². The number of anilines is 2.